The maximum atomic E-state index is 15.2. The number of amides is 1. The lowest BCUT2D eigenvalue weighted by Gasteiger charge is -2.42. The molecule has 1 amide bonds. The van der Waals surface area contributed by atoms with Crippen LogP contribution in [0.5, 0.6) is 0 Å². The molecule has 2 fully saturated rings. The summed E-state index contributed by atoms with van der Waals surface area (Å²) in [7, 11) is -2.69. The first-order chi connectivity index (χ1) is 19.3. The first-order valence-corrected chi connectivity index (χ1v) is 15.1. The van der Waals surface area contributed by atoms with E-state index in [-0.39, 0.29) is 40.0 Å². The zero-order chi connectivity index (χ0) is 29.3. The topological polar surface area (TPSA) is 103 Å². The van der Waals surface area contributed by atoms with E-state index in [9.17, 15) is 13.2 Å². The number of fused-ring (bicyclic) bond motifs is 3. The van der Waals surface area contributed by atoms with Gasteiger partial charge in [0.1, 0.15) is 5.60 Å². The number of ether oxygens (including phenoxy) is 1. The third-order valence-corrected chi connectivity index (χ3v) is 9.49. The third-order valence-electron chi connectivity index (χ3n) is 7.77. The molecule has 6 rings (SSSR count). The van der Waals surface area contributed by atoms with Gasteiger partial charge in [-0.25, -0.2) is 26.9 Å². The Hall–Kier alpha value is -3.93. The van der Waals surface area contributed by atoms with E-state index in [0.717, 1.165) is 32.7 Å². The second-order valence-corrected chi connectivity index (χ2v) is 13.6. The average molecular weight is 581 g/mol. The van der Waals surface area contributed by atoms with Crippen LogP contribution < -0.4 is 4.90 Å². The van der Waals surface area contributed by atoms with E-state index in [2.05, 4.69) is 15.0 Å². The van der Waals surface area contributed by atoms with Crippen molar-refractivity contribution in [2.24, 2.45) is 7.05 Å². The second kappa shape index (κ2) is 9.57. The minimum absolute atomic E-state index is 0.0413. The molecule has 3 aromatic heterocycles. The molecule has 41 heavy (non-hydrogen) atoms. The maximum absolute atomic E-state index is 15.2. The number of rotatable bonds is 4. The SMILES string of the molecule is Cc1ccc(S(=O)(=O)n2c(-c3cnn(C)c3F)cc3c(N4CC5CCC(C4)N5C(=O)OC(C)(C)C)ccnc32)cc1. The molecular weight excluding hydrogens is 547 g/mol. The molecule has 2 bridgehead atoms. The number of benzene rings is 1. The van der Waals surface area contributed by atoms with E-state index in [1.54, 1.807) is 24.4 Å². The van der Waals surface area contributed by atoms with Gasteiger partial charge in [0, 0.05) is 37.4 Å². The molecule has 0 radical (unpaired) electrons. The van der Waals surface area contributed by atoms with Crippen LogP contribution in [0.15, 0.2) is 53.7 Å². The Morgan fingerprint density at radius 1 is 1.07 bits per heavy atom. The molecule has 0 N–H and O–H groups in total. The monoisotopic (exact) mass is 580 g/mol. The molecule has 12 heteroatoms. The van der Waals surface area contributed by atoms with Crippen LogP contribution in [0.3, 0.4) is 0 Å². The lowest BCUT2D eigenvalue weighted by Crippen LogP contribution is -2.56. The summed E-state index contributed by atoms with van der Waals surface area (Å²) in [6.07, 6.45) is 4.29. The summed E-state index contributed by atoms with van der Waals surface area (Å²) in [6.45, 7) is 8.56. The number of aromatic nitrogens is 4. The molecule has 216 valence electrons. The van der Waals surface area contributed by atoms with E-state index >= 15 is 4.39 Å². The largest absolute Gasteiger partial charge is 0.444 e. The van der Waals surface area contributed by atoms with Crippen LogP contribution in [-0.4, -0.2) is 68.9 Å². The molecular formula is C29H33FN6O4S. The molecule has 1 aromatic carbocycles. The van der Waals surface area contributed by atoms with Gasteiger partial charge in [-0.15, -0.1) is 0 Å². The lowest BCUT2D eigenvalue weighted by atomic mass is 10.1. The van der Waals surface area contributed by atoms with Gasteiger partial charge in [-0.2, -0.15) is 9.49 Å². The second-order valence-electron chi connectivity index (χ2n) is 11.8. The Morgan fingerprint density at radius 3 is 2.32 bits per heavy atom. The number of piperazine rings is 1. The van der Waals surface area contributed by atoms with Gasteiger partial charge in [0.05, 0.1) is 34.4 Å². The van der Waals surface area contributed by atoms with E-state index in [0.29, 0.717) is 18.5 Å². The minimum Gasteiger partial charge on any atom is -0.444 e. The molecule has 0 saturated carbocycles. The molecule has 2 aliphatic rings. The molecule has 2 saturated heterocycles. The fourth-order valence-electron chi connectivity index (χ4n) is 5.89. The number of halogens is 1. The van der Waals surface area contributed by atoms with Gasteiger partial charge in [-0.1, -0.05) is 17.7 Å². The summed E-state index contributed by atoms with van der Waals surface area (Å²) in [5.74, 6) is -0.654. The predicted molar refractivity (Wildman–Crippen MR) is 153 cm³/mol. The lowest BCUT2D eigenvalue weighted by molar-refractivity contribution is 0.0123. The van der Waals surface area contributed by atoms with Gasteiger partial charge < -0.3 is 9.64 Å². The quantitative estimate of drug-likeness (QED) is 0.345. The van der Waals surface area contributed by atoms with Crippen LogP contribution in [0.2, 0.25) is 0 Å². The molecule has 2 unspecified atom stereocenters. The van der Waals surface area contributed by atoms with Crippen LogP contribution in [0.4, 0.5) is 14.9 Å². The average Bonchev–Trinajstić information content (AvgIpc) is 3.54. The van der Waals surface area contributed by atoms with Gasteiger partial charge in [-0.05, 0) is 64.8 Å². The van der Waals surface area contributed by atoms with Crippen molar-refractivity contribution in [1.29, 1.82) is 0 Å². The van der Waals surface area contributed by atoms with Gasteiger partial charge in [0.15, 0.2) is 5.65 Å². The predicted octanol–water partition coefficient (Wildman–Crippen LogP) is 4.71. The summed E-state index contributed by atoms with van der Waals surface area (Å²) in [6, 6.07) is 9.96. The highest BCUT2D eigenvalue weighted by Crippen LogP contribution is 2.40. The Morgan fingerprint density at radius 2 is 1.73 bits per heavy atom. The molecule has 2 atom stereocenters. The molecule has 0 spiro atoms. The summed E-state index contributed by atoms with van der Waals surface area (Å²) in [5, 5.41) is 4.59. The third kappa shape index (κ3) is 4.63. The first-order valence-electron chi connectivity index (χ1n) is 13.6. The fourth-order valence-corrected chi connectivity index (χ4v) is 7.36. The van der Waals surface area contributed by atoms with Crippen LogP contribution in [0.25, 0.3) is 22.3 Å². The highest BCUT2D eigenvalue weighted by Gasteiger charge is 2.45. The number of hydrogen-bond acceptors (Lipinski definition) is 7. The molecule has 4 aromatic rings. The molecule has 0 aliphatic carbocycles. The summed E-state index contributed by atoms with van der Waals surface area (Å²) >= 11 is 0. The Kier molecular flexibility index (Phi) is 6.36. The van der Waals surface area contributed by atoms with Crippen LogP contribution in [0, 0.1) is 12.9 Å². The van der Waals surface area contributed by atoms with Crippen molar-refractivity contribution in [3.8, 4) is 11.3 Å². The molecule has 2 aliphatic heterocycles. The van der Waals surface area contributed by atoms with Gasteiger partial charge >= 0.3 is 6.09 Å². The Bertz CT molecular complexity index is 1740. The van der Waals surface area contributed by atoms with Crippen LogP contribution in [0.1, 0.15) is 39.2 Å². The number of pyridine rings is 1. The Labute approximate surface area is 238 Å². The van der Waals surface area contributed by atoms with Gasteiger partial charge in [0.2, 0.25) is 5.95 Å². The zero-order valence-corrected chi connectivity index (χ0v) is 24.5. The van der Waals surface area contributed by atoms with E-state index < -0.39 is 21.6 Å². The molecule has 5 heterocycles. The number of hydrogen-bond donors (Lipinski definition) is 0. The normalized spacial score (nSPS) is 19.3. The highest BCUT2D eigenvalue weighted by atomic mass is 32.2. The van der Waals surface area contributed by atoms with E-state index in [4.69, 9.17) is 4.74 Å². The van der Waals surface area contributed by atoms with Gasteiger partial charge in [-0.3, -0.25) is 4.90 Å². The number of aryl methyl sites for hydroxylation is 2. The van der Waals surface area contributed by atoms with Crippen molar-refractivity contribution in [2.45, 2.75) is 63.1 Å². The van der Waals surface area contributed by atoms with E-state index in [1.165, 1.54) is 25.4 Å². The smallest absolute Gasteiger partial charge is 0.410 e. The summed E-state index contributed by atoms with van der Waals surface area (Å²) in [4.78, 5) is 21.6. The number of carbonyl (C=O) groups excluding carboxylic acids is 1. The number of nitrogens with zero attached hydrogens (tertiary/aromatic N) is 6. The highest BCUT2D eigenvalue weighted by molar-refractivity contribution is 7.90. The van der Waals surface area contributed by atoms with Gasteiger partial charge in [0.25, 0.3) is 10.0 Å². The number of carbonyl (C=O) groups is 1. The number of anilines is 1. The van der Waals surface area contributed by atoms with E-state index in [1.807, 2.05) is 38.7 Å². The van der Waals surface area contributed by atoms with Crippen molar-refractivity contribution < 1.29 is 22.3 Å². The van der Waals surface area contributed by atoms with Crippen molar-refractivity contribution >= 4 is 32.8 Å². The first kappa shape index (κ1) is 27.3. The van der Waals surface area contributed by atoms with Crippen molar-refractivity contribution in [3.63, 3.8) is 0 Å². The maximum Gasteiger partial charge on any atom is 0.410 e. The molecule has 10 nitrogen and oxygen atoms in total. The summed E-state index contributed by atoms with van der Waals surface area (Å²) in [5.41, 5.74) is 1.50. The van der Waals surface area contributed by atoms with Crippen LogP contribution >= 0.6 is 0 Å². The summed E-state index contributed by atoms with van der Waals surface area (Å²) < 4.78 is 51.2. The van der Waals surface area contributed by atoms with Crippen molar-refractivity contribution in [2.75, 3.05) is 18.0 Å². The zero-order valence-electron chi connectivity index (χ0n) is 23.7. The van der Waals surface area contributed by atoms with Crippen molar-refractivity contribution in [1.82, 2.24) is 23.6 Å². The fraction of sp³-hybridized carbons (Fsp3) is 0.414. The standard InChI is InChI=1S/C29H33FN6O4S/c1-18-6-10-21(11-7-18)41(38,39)36-25(23-15-32-33(5)26(23)30)14-22-24(12-13-31-27(22)36)34-16-19-8-9-20(17-34)35(19)28(37)40-29(2,3)4/h6-7,10-15,19-20H,8-9,16-17H2,1-5H3. The minimum atomic E-state index is -4.16. The van der Waals surface area contributed by atoms with Crippen molar-refractivity contribution in [3.05, 3.63) is 60.3 Å². The van der Waals surface area contributed by atoms with Crippen LogP contribution in [-0.2, 0) is 21.8 Å². The Balaban J connectivity index is 1.46.